The number of nitrogens with one attached hydrogen (secondary N) is 1. The lowest BCUT2D eigenvalue weighted by atomic mass is 10.1. The van der Waals surface area contributed by atoms with Crippen molar-refractivity contribution < 1.29 is 24.2 Å². The van der Waals surface area contributed by atoms with Crippen LogP contribution in [-0.2, 0) is 19.1 Å². The molecule has 7 heteroatoms. The highest BCUT2D eigenvalue weighted by Crippen LogP contribution is 2.07. The first-order valence-corrected chi connectivity index (χ1v) is 4.22. The molecule has 0 spiro atoms. The molecular weight excluding hydrogens is 204 g/mol. The van der Waals surface area contributed by atoms with Crippen LogP contribution in [0.5, 0.6) is 0 Å². The molecular formula is C8H16N2O5. The predicted octanol–water partition coefficient (Wildman–Crippen LogP) is -2.04. The lowest BCUT2D eigenvalue weighted by Crippen LogP contribution is -2.56. The van der Waals surface area contributed by atoms with E-state index >= 15 is 0 Å². The fourth-order valence-electron chi connectivity index (χ4n) is 0.712. The van der Waals surface area contributed by atoms with Gasteiger partial charge in [-0.1, -0.05) is 0 Å². The maximum absolute atomic E-state index is 11.3. The predicted molar refractivity (Wildman–Crippen MR) is 50.6 cm³/mol. The van der Waals surface area contributed by atoms with E-state index in [1.54, 1.807) is 0 Å². The minimum atomic E-state index is -1.78. The zero-order valence-corrected chi connectivity index (χ0v) is 8.94. The number of ether oxygens (including phenoxy) is 2. The third kappa shape index (κ3) is 4.24. The van der Waals surface area contributed by atoms with Gasteiger partial charge in [0.1, 0.15) is 12.6 Å². The number of carbonyl (C=O) groups excluding carboxylic acids is 2. The second kappa shape index (κ2) is 5.64. The van der Waals surface area contributed by atoms with Gasteiger partial charge in [-0.05, 0) is 6.92 Å². The maximum atomic E-state index is 11.3. The van der Waals surface area contributed by atoms with Crippen LogP contribution in [0, 0.1) is 0 Å². The number of methoxy groups -OCH3 is 2. The zero-order chi connectivity index (χ0) is 12.1. The van der Waals surface area contributed by atoms with Gasteiger partial charge in [0, 0.05) is 7.11 Å². The van der Waals surface area contributed by atoms with Crippen molar-refractivity contribution in [3.63, 3.8) is 0 Å². The Morgan fingerprint density at radius 2 is 2.07 bits per heavy atom. The molecule has 0 unspecified atom stereocenters. The molecule has 1 amide bonds. The zero-order valence-electron chi connectivity index (χ0n) is 8.94. The number of esters is 1. The summed E-state index contributed by atoms with van der Waals surface area (Å²) in [5, 5.41) is 11.7. The first-order chi connectivity index (χ1) is 6.85. The molecule has 0 aliphatic heterocycles. The van der Waals surface area contributed by atoms with E-state index in [0.717, 1.165) is 0 Å². The van der Waals surface area contributed by atoms with Gasteiger partial charge in [0.15, 0.2) is 5.79 Å². The fourth-order valence-corrected chi connectivity index (χ4v) is 0.712. The molecule has 0 radical (unpaired) electrons. The van der Waals surface area contributed by atoms with E-state index in [4.69, 9.17) is 5.73 Å². The number of carbonyl (C=O) groups is 2. The molecule has 0 heterocycles. The normalized spacial score (nSPS) is 16.3. The van der Waals surface area contributed by atoms with E-state index in [-0.39, 0.29) is 6.54 Å². The topological polar surface area (TPSA) is 111 Å². The van der Waals surface area contributed by atoms with Crippen molar-refractivity contribution in [1.29, 1.82) is 0 Å². The quantitative estimate of drug-likeness (QED) is 0.363. The van der Waals surface area contributed by atoms with Crippen LogP contribution in [0.1, 0.15) is 6.92 Å². The molecule has 0 fully saturated rings. The van der Waals surface area contributed by atoms with Crippen molar-refractivity contribution in [3.8, 4) is 0 Å². The summed E-state index contributed by atoms with van der Waals surface area (Å²) in [5.74, 6) is -3.08. The molecule has 2 atom stereocenters. The Morgan fingerprint density at radius 1 is 1.53 bits per heavy atom. The Labute approximate surface area is 87.5 Å². The molecule has 0 saturated heterocycles. The van der Waals surface area contributed by atoms with Gasteiger partial charge in [-0.3, -0.25) is 9.59 Å². The molecule has 88 valence electrons. The van der Waals surface area contributed by atoms with E-state index in [2.05, 4.69) is 14.8 Å². The second-order valence-corrected chi connectivity index (χ2v) is 3.03. The molecule has 0 aliphatic rings. The lowest BCUT2D eigenvalue weighted by molar-refractivity contribution is -0.189. The number of rotatable bonds is 5. The molecule has 15 heavy (non-hydrogen) atoms. The van der Waals surface area contributed by atoms with Gasteiger partial charge in [-0.25, -0.2) is 0 Å². The van der Waals surface area contributed by atoms with Crippen LogP contribution in [0.3, 0.4) is 0 Å². The first kappa shape index (κ1) is 13.8. The number of amides is 1. The van der Waals surface area contributed by atoms with Crippen LogP contribution in [0.25, 0.3) is 0 Å². The summed E-state index contributed by atoms with van der Waals surface area (Å²) < 4.78 is 8.91. The number of hydrogen-bond donors (Lipinski definition) is 3. The average molecular weight is 220 g/mol. The summed E-state index contributed by atoms with van der Waals surface area (Å²) in [7, 11) is 2.41. The summed E-state index contributed by atoms with van der Waals surface area (Å²) in [6, 6.07) is -1.29. The summed E-state index contributed by atoms with van der Waals surface area (Å²) >= 11 is 0. The van der Waals surface area contributed by atoms with Crippen LogP contribution in [0.2, 0.25) is 0 Å². The smallest absolute Gasteiger partial charge is 0.325 e. The molecule has 4 N–H and O–H groups in total. The fraction of sp³-hybridized carbons (Fsp3) is 0.750. The Kier molecular flexibility index (Phi) is 5.20. The molecule has 0 aromatic heterocycles. The largest absolute Gasteiger partial charge is 0.468 e. The molecule has 0 bridgehead atoms. The maximum Gasteiger partial charge on any atom is 0.325 e. The van der Waals surface area contributed by atoms with E-state index in [1.165, 1.54) is 21.1 Å². The minimum absolute atomic E-state index is 0.303. The first-order valence-electron chi connectivity index (χ1n) is 4.22. The number of hydrogen-bond acceptors (Lipinski definition) is 6. The number of nitrogens with two attached hydrogens (primary N) is 1. The van der Waals surface area contributed by atoms with E-state index in [1.807, 2.05) is 0 Å². The van der Waals surface area contributed by atoms with E-state index in [9.17, 15) is 14.7 Å². The summed E-state index contributed by atoms with van der Waals surface area (Å²) in [4.78, 5) is 22.0. The van der Waals surface area contributed by atoms with Crippen LogP contribution < -0.4 is 11.1 Å². The highest BCUT2D eigenvalue weighted by Gasteiger charge is 2.34. The molecule has 0 aromatic rings. The van der Waals surface area contributed by atoms with E-state index < -0.39 is 23.7 Å². The second-order valence-electron chi connectivity index (χ2n) is 3.03. The number of aliphatic hydroxyl groups is 1. The van der Waals surface area contributed by atoms with Gasteiger partial charge in [-0.2, -0.15) is 0 Å². The van der Waals surface area contributed by atoms with Crippen molar-refractivity contribution in [2.45, 2.75) is 18.8 Å². The van der Waals surface area contributed by atoms with Gasteiger partial charge < -0.3 is 25.6 Å². The van der Waals surface area contributed by atoms with Crippen molar-refractivity contribution in [3.05, 3.63) is 0 Å². The summed E-state index contributed by atoms with van der Waals surface area (Å²) in [6.07, 6.45) is 0. The van der Waals surface area contributed by atoms with Crippen LogP contribution in [0.15, 0.2) is 0 Å². The highest BCUT2D eigenvalue weighted by molar-refractivity contribution is 5.86. The van der Waals surface area contributed by atoms with Crippen molar-refractivity contribution >= 4 is 11.9 Å². The van der Waals surface area contributed by atoms with Gasteiger partial charge in [0.05, 0.1) is 7.11 Å². The molecule has 0 rings (SSSR count). The van der Waals surface area contributed by atoms with Crippen LogP contribution >= 0.6 is 0 Å². The van der Waals surface area contributed by atoms with Gasteiger partial charge >= 0.3 is 5.97 Å². The van der Waals surface area contributed by atoms with E-state index in [0.29, 0.717) is 0 Å². The van der Waals surface area contributed by atoms with Gasteiger partial charge in [0.25, 0.3) is 0 Å². The molecule has 7 nitrogen and oxygen atoms in total. The van der Waals surface area contributed by atoms with Crippen molar-refractivity contribution in [1.82, 2.24) is 5.32 Å². The molecule has 0 aliphatic carbocycles. The van der Waals surface area contributed by atoms with Crippen molar-refractivity contribution in [2.24, 2.45) is 5.73 Å². The molecule has 0 saturated carbocycles. The third-order valence-corrected chi connectivity index (χ3v) is 1.91. The minimum Gasteiger partial charge on any atom is -0.468 e. The summed E-state index contributed by atoms with van der Waals surface area (Å²) in [6.45, 7) is 0.943. The monoisotopic (exact) mass is 220 g/mol. The lowest BCUT2D eigenvalue weighted by Gasteiger charge is -2.27. The van der Waals surface area contributed by atoms with Crippen LogP contribution in [0.4, 0.5) is 0 Å². The Hall–Kier alpha value is -1.18. The van der Waals surface area contributed by atoms with Gasteiger partial charge in [0.2, 0.25) is 5.91 Å². The summed E-state index contributed by atoms with van der Waals surface area (Å²) in [5.41, 5.74) is 5.39. The average Bonchev–Trinajstić information content (AvgIpc) is 2.23. The SMILES string of the molecule is COC(=O)CNC(=O)[C@@H](N)[C@@](C)(O)OC. The standard InChI is InChI=1S/C8H16N2O5/c1-8(13,15-3)6(9)7(12)10-4-5(11)14-2/h6,13H,4,9H2,1-3H3,(H,10,12)/t6-,8+/m1/s1. The van der Waals surface area contributed by atoms with Crippen LogP contribution in [-0.4, -0.2) is 49.6 Å². The Bertz CT molecular complexity index is 241. The Balaban J connectivity index is 4.16. The highest BCUT2D eigenvalue weighted by atomic mass is 16.6. The van der Waals surface area contributed by atoms with Gasteiger partial charge in [-0.15, -0.1) is 0 Å². The third-order valence-electron chi connectivity index (χ3n) is 1.91. The van der Waals surface area contributed by atoms with Crippen molar-refractivity contribution in [2.75, 3.05) is 20.8 Å². The Morgan fingerprint density at radius 3 is 2.47 bits per heavy atom. The molecule has 0 aromatic carbocycles.